The molecule has 0 saturated carbocycles. The number of rotatable bonds is 4. The summed E-state index contributed by atoms with van der Waals surface area (Å²) >= 11 is 0. The second-order valence-electron chi connectivity index (χ2n) is 4.68. The number of anilines is 1. The average Bonchev–Trinajstić information content (AvgIpc) is 2.83. The minimum absolute atomic E-state index is 0.232. The van der Waals surface area contributed by atoms with Crippen LogP contribution in [0.3, 0.4) is 0 Å². The predicted molar refractivity (Wildman–Crippen MR) is 68.2 cm³/mol. The van der Waals surface area contributed by atoms with Crippen molar-refractivity contribution in [3.05, 3.63) is 23.9 Å². The molecule has 1 aliphatic rings. The van der Waals surface area contributed by atoms with E-state index in [2.05, 4.69) is 10.3 Å². The Bertz CT molecular complexity index is 420. The van der Waals surface area contributed by atoms with Crippen LogP contribution >= 0.6 is 0 Å². The van der Waals surface area contributed by atoms with Gasteiger partial charge in [-0.1, -0.05) is 13.0 Å². The SMILES string of the molecule is CCNCC1CCCN1c1cccc(C(F)(F)F)n1. The first-order valence-corrected chi connectivity index (χ1v) is 6.54. The van der Waals surface area contributed by atoms with E-state index in [1.807, 2.05) is 11.8 Å². The standard InChI is InChI=1S/C13H18F3N3/c1-2-17-9-10-5-4-8-19(10)12-7-3-6-11(18-12)13(14,15)16/h3,6-7,10,17H,2,4-5,8-9H2,1H3. The van der Waals surface area contributed by atoms with E-state index in [1.165, 1.54) is 6.07 Å². The van der Waals surface area contributed by atoms with Gasteiger partial charge in [0.2, 0.25) is 0 Å². The van der Waals surface area contributed by atoms with Crippen LogP contribution < -0.4 is 10.2 Å². The van der Waals surface area contributed by atoms with Crippen LogP contribution in [0.4, 0.5) is 19.0 Å². The summed E-state index contributed by atoms with van der Waals surface area (Å²) in [6, 6.07) is 4.32. The van der Waals surface area contributed by atoms with Gasteiger partial charge in [-0.3, -0.25) is 0 Å². The summed E-state index contributed by atoms with van der Waals surface area (Å²) in [5.41, 5.74) is -0.820. The van der Waals surface area contributed by atoms with Gasteiger partial charge in [0.1, 0.15) is 11.5 Å². The van der Waals surface area contributed by atoms with Crippen LogP contribution in [-0.4, -0.2) is 30.7 Å². The minimum Gasteiger partial charge on any atom is -0.352 e. The van der Waals surface area contributed by atoms with Crippen molar-refractivity contribution in [2.45, 2.75) is 32.0 Å². The van der Waals surface area contributed by atoms with Crippen LogP contribution in [0.5, 0.6) is 0 Å². The molecule has 0 bridgehead atoms. The van der Waals surface area contributed by atoms with Crippen molar-refractivity contribution in [2.75, 3.05) is 24.5 Å². The molecule has 0 spiro atoms. The van der Waals surface area contributed by atoms with Crippen LogP contribution in [0.15, 0.2) is 18.2 Å². The summed E-state index contributed by atoms with van der Waals surface area (Å²) < 4.78 is 38.0. The molecule has 0 amide bonds. The number of aromatic nitrogens is 1. The van der Waals surface area contributed by atoms with Crippen molar-refractivity contribution in [1.29, 1.82) is 0 Å². The second-order valence-corrected chi connectivity index (χ2v) is 4.68. The van der Waals surface area contributed by atoms with E-state index in [0.717, 1.165) is 38.5 Å². The van der Waals surface area contributed by atoms with E-state index in [1.54, 1.807) is 6.07 Å². The van der Waals surface area contributed by atoms with Crippen molar-refractivity contribution in [1.82, 2.24) is 10.3 Å². The monoisotopic (exact) mass is 273 g/mol. The quantitative estimate of drug-likeness (QED) is 0.914. The fourth-order valence-corrected chi connectivity index (χ4v) is 2.40. The zero-order chi connectivity index (χ0) is 13.9. The highest BCUT2D eigenvalue weighted by molar-refractivity contribution is 5.42. The van der Waals surface area contributed by atoms with E-state index in [9.17, 15) is 13.2 Å². The van der Waals surface area contributed by atoms with Gasteiger partial charge in [0.15, 0.2) is 0 Å². The molecule has 1 aromatic heterocycles. The summed E-state index contributed by atoms with van der Waals surface area (Å²) in [6.45, 7) is 4.43. The highest BCUT2D eigenvalue weighted by atomic mass is 19.4. The average molecular weight is 273 g/mol. The van der Waals surface area contributed by atoms with Crippen molar-refractivity contribution in [2.24, 2.45) is 0 Å². The number of nitrogens with zero attached hydrogens (tertiary/aromatic N) is 2. The molecule has 1 saturated heterocycles. The number of hydrogen-bond acceptors (Lipinski definition) is 3. The third-order valence-electron chi connectivity index (χ3n) is 3.33. The minimum atomic E-state index is -4.38. The maximum Gasteiger partial charge on any atom is 0.433 e. The Hall–Kier alpha value is -1.30. The molecule has 1 aliphatic heterocycles. The maximum atomic E-state index is 12.7. The van der Waals surface area contributed by atoms with E-state index in [0.29, 0.717) is 5.82 Å². The van der Waals surface area contributed by atoms with Crippen LogP contribution in [0.1, 0.15) is 25.5 Å². The number of likely N-dealkylation sites (N-methyl/N-ethyl adjacent to an activating group) is 1. The highest BCUT2D eigenvalue weighted by Crippen LogP contribution is 2.30. The molecule has 2 rings (SSSR count). The van der Waals surface area contributed by atoms with Gasteiger partial charge >= 0.3 is 6.18 Å². The Morgan fingerprint density at radius 1 is 1.42 bits per heavy atom. The first-order valence-electron chi connectivity index (χ1n) is 6.54. The van der Waals surface area contributed by atoms with Crippen molar-refractivity contribution >= 4 is 5.82 Å². The predicted octanol–water partition coefficient (Wildman–Crippen LogP) is 2.68. The lowest BCUT2D eigenvalue weighted by Crippen LogP contribution is -2.38. The van der Waals surface area contributed by atoms with Gasteiger partial charge in [-0.15, -0.1) is 0 Å². The molecule has 6 heteroatoms. The van der Waals surface area contributed by atoms with Gasteiger partial charge in [-0.2, -0.15) is 13.2 Å². The molecule has 1 atom stereocenters. The number of alkyl halides is 3. The number of pyridine rings is 1. The Labute approximate surface area is 110 Å². The van der Waals surface area contributed by atoms with Crippen molar-refractivity contribution in [3.63, 3.8) is 0 Å². The van der Waals surface area contributed by atoms with E-state index in [-0.39, 0.29) is 6.04 Å². The Morgan fingerprint density at radius 3 is 2.89 bits per heavy atom. The fourth-order valence-electron chi connectivity index (χ4n) is 2.40. The molecule has 0 radical (unpaired) electrons. The van der Waals surface area contributed by atoms with E-state index >= 15 is 0 Å². The molecule has 106 valence electrons. The van der Waals surface area contributed by atoms with Crippen molar-refractivity contribution in [3.8, 4) is 0 Å². The van der Waals surface area contributed by atoms with Crippen LogP contribution in [0.2, 0.25) is 0 Å². The Balaban J connectivity index is 2.16. The third-order valence-corrected chi connectivity index (χ3v) is 3.33. The molecule has 0 aliphatic carbocycles. The molecular formula is C13H18F3N3. The molecule has 1 N–H and O–H groups in total. The smallest absolute Gasteiger partial charge is 0.352 e. The Kier molecular flexibility index (Phi) is 4.29. The lowest BCUT2D eigenvalue weighted by atomic mass is 10.2. The summed E-state index contributed by atoms with van der Waals surface area (Å²) in [5, 5.41) is 3.24. The van der Waals surface area contributed by atoms with Gasteiger partial charge < -0.3 is 10.2 Å². The number of hydrogen-bond donors (Lipinski definition) is 1. The van der Waals surface area contributed by atoms with Gasteiger partial charge in [0.05, 0.1) is 0 Å². The van der Waals surface area contributed by atoms with Gasteiger partial charge in [0.25, 0.3) is 0 Å². The summed E-state index contributed by atoms with van der Waals surface area (Å²) in [4.78, 5) is 5.73. The molecule has 2 heterocycles. The molecule has 1 unspecified atom stereocenters. The largest absolute Gasteiger partial charge is 0.433 e. The molecular weight excluding hydrogens is 255 g/mol. The van der Waals surface area contributed by atoms with E-state index < -0.39 is 11.9 Å². The van der Waals surface area contributed by atoms with E-state index in [4.69, 9.17) is 0 Å². The zero-order valence-electron chi connectivity index (χ0n) is 10.9. The molecule has 19 heavy (non-hydrogen) atoms. The van der Waals surface area contributed by atoms with Crippen molar-refractivity contribution < 1.29 is 13.2 Å². The first kappa shape index (κ1) is 14.1. The van der Waals surface area contributed by atoms with Crippen LogP contribution in [0, 0.1) is 0 Å². The summed E-state index contributed by atoms with van der Waals surface area (Å²) in [6.07, 6.45) is -2.40. The lowest BCUT2D eigenvalue weighted by molar-refractivity contribution is -0.141. The molecule has 1 aromatic rings. The zero-order valence-corrected chi connectivity index (χ0v) is 10.9. The number of nitrogens with one attached hydrogen (secondary N) is 1. The molecule has 0 aromatic carbocycles. The first-order chi connectivity index (χ1) is 9.02. The molecule has 1 fully saturated rings. The topological polar surface area (TPSA) is 28.2 Å². The van der Waals surface area contributed by atoms with Crippen LogP contribution in [0.25, 0.3) is 0 Å². The van der Waals surface area contributed by atoms with Gasteiger partial charge in [-0.05, 0) is 31.5 Å². The fraction of sp³-hybridized carbons (Fsp3) is 0.615. The molecule has 3 nitrogen and oxygen atoms in total. The summed E-state index contributed by atoms with van der Waals surface area (Å²) in [5.74, 6) is 0.426. The lowest BCUT2D eigenvalue weighted by Gasteiger charge is -2.26. The Morgan fingerprint density at radius 2 is 2.21 bits per heavy atom. The summed E-state index contributed by atoms with van der Waals surface area (Å²) in [7, 11) is 0. The normalized spacial score (nSPS) is 20.0. The van der Waals surface area contributed by atoms with Gasteiger partial charge in [-0.25, -0.2) is 4.98 Å². The number of halogens is 3. The van der Waals surface area contributed by atoms with Crippen LogP contribution in [-0.2, 0) is 6.18 Å². The third kappa shape index (κ3) is 3.37. The van der Waals surface area contributed by atoms with Gasteiger partial charge in [0, 0.05) is 19.1 Å². The second kappa shape index (κ2) is 5.77. The highest BCUT2D eigenvalue weighted by Gasteiger charge is 2.34. The maximum absolute atomic E-state index is 12.7.